The molecule has 0 aromatic carbocycles. The highest BCUT2D eigenvalue weighted by atomic mass is 16.4. The lowest BCUT2D eigenvalue weighted by atomic mass is 10.3. The van der Waals surface area contributed by atoms with E-state index in [4.69, 9.17) is 10.8 Å². The van der Waals surface area contributed by atoms with E-state index in [2.05, 4.69) is 15.3 Å². The van der Waals surface area contributed by atoms with Crippen molar-refractivity contribution in [2.24, 2.45) is 0 Å². The van der Waals surface area contributed by atoms with Crippen LogP contribution in [0.4, 0.5) is 11.8 Å². The van der Waals surface area contributed by atoms with Gasteiger partial charge in [-0.2, -0.15) is 4.98 Å². The molecule has 2 rings (SSSR count). The number of carboxylic acid groups (broad SMARTS) is 1. The van der Waals surface area contributed by atoms with Crippen LogP contribution in [0, 0.1) is 0 Å². The summed E-state index contributed by atoms with van der Waals surface area (Å²) in [6.45, 7) is 0. The van der Waals surface area contributed by atoms with Crippen LogP contribution in [0.5, 0.6) is 0 Å². The molecule has 74 valence electrons. The van der Waals surface area contributed by atoms with Crippen molar-refractivity contribution in [3.63, 3.8) is 0 Å². The van der Waals surface area contributed by atoms with E-state index in [1.807, 2.05) is 0 Å². The van der Waals surface area contributed by atoms with Crippen molar-refractivity contribution >= 4 is 17.7 Å². The average Bonchev–Trinajstić information content (AvgIpc) is 2.87. The van der Waals surface area contributed by atoms with Gasteiger partial charge in [-0.25, -0.2) is 9.78 Å². The molecule has 0 spiro atoms. The predicted octanol–water partition coefficient (Wildman–Crippen LogP) is 0.331. The van der Waals surface area contributed by atoms with Crippen molar-refractivity contribution in [1.82, 2.24) is 9.97 Å². The van der Waals surface area contributed by atoms with Crippen LogP contribution in [0.1, 0.15) is 23.2 Å². The highest BCUT2D eigenvalue weighted by Gasteiger charge is 2.22. The first-order valence-electron chi connectivity index (χ1n) is 4.29. The highest BCUT2D eigenvalue weighted by molar-refractivity contribution is 5.92. The van der Waals surface area contributed by atoms with Gasteiger partial charge >= 0.3 is 5.97 Å². The normalized spacial score (nSPS) is 15.1. The fourth-order valence-corrected chi connectivity index (χ4v) is 1.04. The molecule has 1 aliphatic rings. The second kappa shape index (κ2) is 3.13. The Hall–Kier alpha value is -1.85. The van der Waals surface area contributed by atoms with E-state index in [1.54, 1.807) is 0 Å². The second-order valence-corrected chi connectivity index (χ2v) is 3.22. The lowest BCUT2D eigenvalue weighted by Crippen LogP contribution is -2.10. The van der Waals surface area contributed by atoms with Crippen LogP contribution in [-0.2, 0) is 0 Å². The van der Waals surface area contributed by atoms with Crippen molar-refractivity contribution in [1.29, 1.82) is 0 Å². The van der Waals surface area contributed by atoms with Crippen LogP contribution in [0.3, 0.4) is 0 Å². The van der Waals surface area contributed by atoms with Crippen molar-refractivity contribution < 1.29 is 9.90 Å². The van der Waals surface area contributed by atoms with Crippen LogP contribution >= 0.6 is 0 Å². The third-order valence-electron chi connectivity index (χ3n) is 1.96. The van der Waals surface area contributed by atoms with E-state index < -0.39 is 5.97 Å². The van der Waals surface area contributed by atoms with E-state index in [0.717, 1.165) is 12.8 Å². The van der Waals surface area contributed by atoms with Crippen molar-refractivity contribution in [3.05, 3.63) is 11.8 Å². The highest BCUT2D eigenvalue weighted by Crippen LogP contribution is 2.23. The van der Waals surface area contributed by atoms with Gasteiger partial charge in [0.05, 0.1) is 0 Å². The number of rotatable bonds is 3. The van der Waals surface area contributed by atoms with Crippen LogP contribution in [0.25, 0.3) is 0 Å². The smallest absolute Gasteiger partial charge is 0.341 e. The zero-order valence-corrected chi connectivity index (χ0v) is 7.40. The molecule has 1 aromatic rings. The van der Waals surface area contributed by atoms with E-state index in [0.29, 0.717) is 12.0 Å². The Morgan fingerprint density at radius 1 is 1.64 bits per heavy atom. The molecule has 1 heterocycles. The number of carbonyl (C=O) groups is 1. The van der Waals surface area contributed by atoms with Crippen molar-refractivity contribution in [2.75, 3.05) is 11.1 Å². The maximum absolute atomic E-state index is 10.6. The number of anilines is 2. The quantitative estimate of drug-likeness (QED) is 0.641. The van der Waals surface area contributed by atoms with Crippen LogP contribution < -0.4 is 11.1 Å². The molecule has 0 saturated heterocycles. The van der Waals surface area contributed by atoms with Gasteiger partial charge in [0.25, 0.3) is 0 Å². The number of aromatic carboxylic acids is 1. The topological polar surface area (TPSA) is 101 Å². The number of nitrogen functional groups attached to an aromatic ring is 1. The van der Waals surface area contributed by atoms with E-state index in [-0.39, 0.29) is 11.4 Å². The molecule has 6 heteroatoms. The largest absolute Gasteiger partial charge is 0.477 e. The fraction of sp³-hybridized carbons (Fsp3) is 0.375. The third-order valence-corrected chi connectivity index (χ3v) is 1.96. The second-order valence-electron chi connectivity index (χ2n) is 3.22. The summed E-state index contributed by atoms with van der Waals surface area (Å²) in [7, 11) is 0. The summed E-state index contributed by atoms with van der Waals surface area (Å²) in [6.07, 6.45) is 3.42. The summed E-state index contributed by atoms with van der Waals surface area (Å²) in [5.41, 5.74) is 5.38. The molecule has 0 bridgehead atoms. The number of nitrogens with one attached hydrogen (secondary N) is 1. The summed E-state index contributed by atoms with van der Waals surface area (Å²) in [4.78, 5) is 18.3. The number of hydrogen-bond acceptors (Lipinski definition) is 5. The van der Waals surface area contributed by atoms with Gasteiger partial charge < -0.3 is 16.2 Å². The van der Waals surface area contributed by atoms with Gasteiger partial charge in [0.2, 0.25) is 5.95 Å². The van der Waals surface area contributed by atoms with Crippen molar-refractivity contribution in [3.8, 4) is 0 Å². The first-order chi connectivity index (χ1) is 6.66. The molecular weight excluding hydrogens is 184 g/mol. The molecule has 0 aliphatic heterocycles. The number of hydrogen-bond donors (Lipinski definition) is 3. The number of carboxylic acids is 1. The zero-order chi connectivity index (χ0) is 10.1. The molecule has 14 heavy (non-hydrogen) atoms. The molecule has 6 nitrogen and oxygen atoms in total. The number of aromatic nitrogens is 2. The van der Waals surface area contributed by atoms with Crippen molar-refractivity contribution in [2.45, 2.75) is 18.9 Å². The minimum absolute atomic E-state index is 0.00403. The molecule has 0 unspecified atom stereocenters. The zero-order valence-electron chi connectivity index (χ0n) is 7.40. The fourth-order valence-electron chi connectivity index (χ4n) is 1.04. The Morgan fingerprint density at radius 2 is 2.36 bits per heavy atom. The van der Waals surface area contributed by atoms with Crippen LogP contribution in [0.2, 0.25) is 0 Å². The Labute approximate surface area is 80.2 Å². The summed E-state index contributed by atoms with van der Waals surface area (Å²) >= 11 is 0. The van der Waals surface area contributed by atoms with E-state index in [1.165, 1.54) is 6.20 Å². The summed E-state index contributed by atoms with van der Waals surface area (Å²) in [5, 5.41) is 11.7. The lowest BCUT2D eigenvalue weighted by molar-refractivity contribution is 0.0697. The first-order valence-corrected chi connectivity index (χ1v) is 4.29. The minimum Gasteiger partial charge on any atom is -0.477 e. The van der Waals surface area contributed by atoms with Gasteiger partial charge in [-0.15, -0.1) is 0 Å². The summed E-state index contributed by atoms with van der Waals surface area (Å²) in [5.74, 6) is -0.717. The maximum Gasteiger partial charge on any atom is 0.341 e. The van der Waals surface area contributed by atoms with E-state index in [9.17, 15) is 4.79 Å². The van der Waals surface area contributed by atoms with Crippen LogP contribution in [0.15, 0.2) is 6.20 Å². The monoisotopic (exact) mass is 194 g/mol. The molecule has 1 aliphatic carbocycles. The Kier molecular flexibility index (Phi) is 1.95. The summed E-state index contributed by atoms with van der Waals surface area (Å²) in [6, 6.07) is 0.421. The van der Waals surface area contributed by atoms with Gasteiger partial charge in [-0.1, -0.05) is 0 Å². The molecule has 0 amide bonds. The van der Waals surface area contributed by atoms with Gasteiger partial charge in [0, 0.05) is 12.2 Å². The molecule has 4 N–H and O–H groups in total. The average molecular weight is 194 g/mol. The molecule has 1 saturated carbocycles. The standard InChI is InChI=1S/C8H10N4O2/c9-6-5(7(13)14)3-10-8(12-6)11-4-1-2-4/h3-4H,1-2H2,(H,13,14)(H3,9,10,11,12). The molecule has 0 radical (unpaired) electrons. The molecule has 1 aromatic heterocycles. The first kappa shape index (κ1) is 8.74. The molecular formula is C8H10N4O2. The van der Waals surface area contributed by atoms with Gasteiger partial charge in [0.1, 0.15) is 11.4 Å². The van der Waals surface area contributed by atoms with E-state index >= 15 is 0 Å². The Balaban J connectivity index is 2.20. The van der Waals surface area contributed by atoms with Crippen LogP contribution in [-0.4, -0.2) is 27.1 Å². The van der Waals surface area contributed by atoms with Gasteiger partial charge in [0.15, 0.2) is 0 Å². The molecule has 1 fully saturated rings. The number of nitrogens with two attached hydrogens (primary N) is 1. The lowest BCUT2D eigenvalue weighted by Gasteiger charge is -2.04. The predicted molar refractivity (Wildman–Crippen MR) is 50.0 cm³/mol. The third kappa shape index (κ3) is 1.73. The van der Waals surface area contributed by atoms with Gasteiger partial charge in [-0.05, 0) is 12.8 Å². The molecule has 0 atom stereocenters. The van der Waals surface area contributed by atoms with Gasteiger partial charge in [-0.3, -0.25) is 0 Å². The Morgan fingerprint density at radius 3 is 2.86 bits per heavy atom. The number of nitrogens with zero attached hydrogens (tertiary/aromatic N) is 2. The minimum atomic E-state index is -1.11. The SMILES string of the molecule is Nc1nc(NC2CC2)ncc1C(=O)O. The summed E-state index contributed by atoms with van der Waals surface area (Å²) < 4.78 is 0. The maximum atomic E-state index is 10.6. The Bertz CT molecular complexity index is 376.